The summed E-state index contributed by atoms with van der Waals surface area (Å²) in [5.41, 5.74) is 6.19. The van der Waals surface area contributed by atoms with Gasteiger partial charge in [-0.3, -0.25) is 19.2 Å². The molecule has 10 nitrogen and oxygen atoms in total. The molecule has 0 bridgehead atoms. The van der Waals surface area contributed by atoms with Crippen molar-refractivity contribution in [2.75, 3.05) is 11.5 Å². The number of rotatable bonds is 11. The van der Waals surface area contributed by atoms with Gasteiger partial charge in [-0.2, -0.15) is 25.3 Å². The zero-order valence-electron chi connectivity index (χ0n) is 16.2. The van der Waals surface area contributed by atoms with Crippen molar-refractivity contribution in [3.63, 3.8) is 0 Å². The van der Waals surface area contributed by atoms with Crippen LogP contribution in [0.5, 0.6) is 5.75 Å². The van der Waals surface area contributed by atoms with Gasteiger partial charge in [0.05, 0.1) is 6.04 Å². The number of aliphatic carboxylic acids is 1. The first-order valence-corrected chi connectivity index (χ1v) is 10.2. The molecule has 3 amide bonds. The van der Waals surface area contributed by atoms with Gasteiger partial charge >= 0.3 is 5.97 Å². The molecule has 0 aliphatic heterocycles. The van der Waals surface area contributed by atoms with Gasteiger partial charge in [-0.1, -0.05) is 12.1 Å². The van der Waals surface area contributed by atoms with E-state index in [0.29, 0.717) is 5.56 Å². The van der Waals surface area contributed by atoms with Crippen LogP contribution in [0, 0.1) is 0 Å². The van der Waals surface area contributed by atoms with Gasteiger partial charge < -0.3 is 31.9 Å². The van der Waals surface area contributed by atoms with E-state index in [0.717, 1.165) is 0 Å². The second-order valence-electron chi connectivity index (χ2n) is 6.53. The number of phenols is 1. The number of thiol groups is 2. The van der Waals surface area contributed by atoms with E-state index in [2.05, 4.69) is 41.2 Å². The van der Waals surface area contributed by atoms with E-state index in [1.165, 1.54) is 19.1 Å². The first kappa shape index (κ1) is 25.6. The molecule has 0 radical (unpaired) electrons. The predicted molar refractivity (Wildman–Crippen MR) is 117 cm³/mol. The third kappa shape index (κ3) is 8.13. The van der Waals surface area contributed by atoms with E-state index in [9.17, 15) is 24.3 Å². The van der Waals surface area contributed by atoms with Gasteiger partial charge in [-0.25, -0.2) is 0 Å². The highest BCUT2D eigenvalue weighted by molar-refractivity contribution is 7.80. The second kappa shape index (κ2) is 12.3. The number of carbonyl (C=O) groups is 4. The van der Waals surface area contributed by atoms with Crippen LogP contribution in [0.4, 0.5) is 0 Å². The van der Waals surface area contributed by atoms with Crippen molar-refractivity contribution in [1.29, 1.82) is 0 Å². The number of carboxylic acid groups (broad SMARTS) is 1. The van der Waals surface area contributed by atoms with Crippen LogP contribution in [-0.4, -0.2) is 69.6 Å². The van der Waals surface area contributed by atoms with E-state index in [1.807, 2.05) is 0 Å². The quantitative estimate of drug-likeness (QED) is 0.190. The molecule has 0 saturated carbocycles. The molecule has 1 aromatic carbocycles. The van der Waals surface area contributed by atoms with Crippen LogP contribution in [0.25, 0.3) is 0 Å². The summed E-state index contributed by atoms with van der Waals surface area (Å²) in [6.45, 7) is 1.29. The Labute approximate surface area is 184 Å². The lowest BCUT2D eigenvalue weighted by Crippen LogP contribution is -2.58. The summed E-state index contributed by atoms with van der Waals surface area (Å²) in [5, 5.41) is 25.7. The van der Waals surface area contributed by atoms with Crippen LogP contribution in [0.3, 0.4) is 0 Å². The number of carboxylic acids is 1. The fourth-order valence-corrected chi connectivity index (χ4v) is 2.70. The van der Waals surface area contributed by atoms with Gasteiger partial charge in [0.25, 0.3) is 0 Å². The maximum Gasteiger partial charge on any atom is 0.325 e. The predicted octanol–water partition coefficient (Wildman–Crippen LogP) is -1.32. The molecule has 0 aliphatic carbocycles. The van der Waals surface area contributed by atoms with Crippen molar-refractivity contribution in [1.82, 2.24) is 16.0 Å². The zero-order valence-corrected chi connectivity index (χ0v) is 18.0. The van der Waals surface area contributed by atoms with Gasteiger partial charge in [0.2, 0.25) is 17.7 Å². The number of hydrogen-bond donors (Lipinski definition) is 8. The van der Waals surface area contributed by atoms with Crippen molar-refractivity contribution in [2.24, 2.45) is 5.73 Å². The minimum Gasteiger partial charge on any atom is -0.508 e. The zero-order chi connectivity index (χ0) is 22.8. The van der Waals surface area contributed by atoms with E-state index >= 15 is 0 Å². The summed E-state index contributed by atoms with van der Waals surface area (Å²) in [4.78, 5) is 48.2. The average Bonchev–Trinajstić information content (AvgIpc) is 2.71. The normalized spacial score (nSPS) is 14.7. The number of carbonyl (C=O) groups excluding carboxylic acids is 3. The van der Waals surface area contributed by atoms with Gasteiger partial charge in [-0.15, -0.1) is 0 Å². The molecule has 12 heteroatoms. The molecule has 0 fully saturated rings. The SMILES string of the molecule is CC(NC(=O)C(Cc1ccc(O)cc1)NC(=O)C(CS)NC(=O)C(N)CS)C(=O)O. The lowest BCUT2D eigenvalue weighted by molar-refractivity contribution is -0.141. The molecule has 1 rings (SSSR count). The lowest BCUT2D eigenvalue weighted by Gasteiger charge is -2.24. The van der Waals surface area contributed by atoms with E-state index < -0.39 is 47.9 Å². The molecular weight excluding hydrogens is 432 g/mol. The highest BCUT2D eigenvalue weighted by Gasteiger charge is 2.28. The van der Waals surface area contributed by atoms with Crippen LogP contribution in [0.15, 0.2) is 24.3 Å². The maximum atomic E-state index is 12.6. The maximum absolute atomic E-state index is 12.6. The smallest absolute Gasteiger partial charge is 0.325 e. The molecule has 4 atom stereocenters. The number of amides is 3. The molecule has 0 heterocycles. The monoisotopic (exact) mass is 458 g/mol. The topological polar surface area (TPSA) is 171 Å². The summed E-state index contributed by atoms with van der Waals surface area (Å²) in [6.07, 6.45) is 0.0214. The summed E-state index contributed by atoms with van der Waals surface area (Å²) < 4.78 is 0. The number of benzene rings is 1. The molecule has 0 aliphatic rings. The van der Waals surface area contributed by atoms with Crippen LogP contribution in [0.1, 0.15) is 12.5 Å². The Morgan fingerprint density at radius 2 is 1.47 bits per heavy atom. The fourth-order valence-electron chi connectivity index (χ4n) is 2.28. The first-order chi connectivity index (χ1) is 14.1. The number of nitrogens with two attached hydrogens (primary N) is 1. The minimum absolute atomic E-state index is 0.0214. The van der Waals surface area contributed by atoms with Gasteiger partial charge in [-0.05, 0) is 24.6 Å². The number of aromatic hydroxyl groups is 1. The number of phenolic OH excluding ortho intramolecular Hbond substituents is 1. The molecule has 0 spiro atoms. The first-order valence-electron chi connectivity index (χ1n) is 8.98. The summed E-state index contributed by atoms with van der Waals surface area (Å²) in [5.74, 6) is -3.20. The Bertz CT molecular complexity index is 762. The van der Waals surface area contributed by atoms with Crippen LogP contribution < -0.4 is 21.7 Å². The highest BCUT2D eigenvalue weighted by Crippen LogP contribution is 2.12. The largest absolute Gasteiger partial charge is 0.508 e. The Morgan fingerprint density at radius 3 is 1.97 bits per heavy atom. The molecule has 30 heavy (non-hydrogen) atoms. The Kier molecular flexibility index (Phi) is 10.5. The molecule has 1 aromatic rings. The van der Waals surface area contributed by atoms with Crippen molar-refractivity contribution in [3.8, 4) is 5.75 Å². The Hall–Kier alpha value is -2.44. The van der Waals surface area contributed by atoms with Crippen molar-refractivity contribution in [3.05, 3.63) is 29.8 Å². The Balaban J connectivity index is 2.97. The molecule has 0 aromatic heterocycles. The van der Waals surface area contributed by atoms with E-state index in [4.69, 9.17) is 10.8 Å². The summed E-state index contributed by atoms with van der Waals surface area (Å²) in [6, 6.07) is 1.66. The van der Waals surface area contributed by atoms with Gasteiger partial charge in [0.1, 0.15) is 23.9 Å². The molecular formula is C18H26N4O6S2. The summed E-state index contributed by atoms with van der Waals surface area (Å²) in [7, 11) is 0. The summed E-state index contributed by atoms with van der Waals surface area (Å²) >= 11 is 7.98. The molecule has 166 valence electrons. The van der Waals surface area contributed by atoms with Crippen molar-refractivity contribution < 1.29 is 29.4 Å². The van der Waals surface area contributed by atoms with Crippen LogP contribution in [0.2, 0.25) is 0 Å². The highest BCUT2D eigenvalue weighted by atomic mass is 32.1. The van der Waals surface area contributed by atoms with Gasteiger partial charge in [0, 0.05) is 17.9 Å². The third-order valence-corrected chi connectivity index (χ3v) is 4.85. The molecule has 7 N–H and O–H groups in total. The molecule has 4 unspecified atom stereocenters. The molecule has 0 saturated heterocycles. The standard InChI is InChI=1S/C18H26N4O6S2/c1-9(18(27)28)20-16(25)13(6-10-2-4-11(23)5-3-10)21-17(26)14(8-30)22-15(24)12(19)7-29/h2-5,9,12-14,23,29-30H,6-8,19H2,1H3,(H,20,25)(H,21,26)(H,22,24)(H,27,28). The van der Waals surface area contributed by atoms with E-state index in [1.54, 1.807) is 12.1 Å². The fraction of sp³-hybridized carbons (Fsp3) is 0.444. The average molecular weight is 459 g/mol. The van der Waals surface area contributed by atoms with Gasteiger partial charge in [0.15, 0.2) is 0 Å². The van der Waals surface area contributed by atoms with Crippen LogP contribution in [-0.2, 0) is 25.6 Å². The lowest BCUT2D eigenvalue weighted by atomic mass is 10.0. The van der Waals surface area contributed by atoms with Crippen LogP contribution >= 0.6 is 25.3 Å². The number of nitrogens with one attached hydrogen (secondary N) is 3. The minimum atomic E-state index is -1.24. The Morgan fingerprint density at radius 1 is 0.933 bits per heavy atom. The van der Waals surface area contributed by atoms with E-state index in [-0.39, 0.29) is 23.7 Å². The third-order valence-electron chi connectivity index (χ3n) is 4.09. The van der Waals surface area contributed by atoms with Crippen molar-refractivity contribution >= 4 is 48.9 Å². The second-order valence-corrected chi connectivity index (χ2v) is 7.26. The number of hydrogen-bond acceptors (Lipinski definition) is 8. The van der Waals surface area contributed by atoms with Crippen molar-refractivity contribution in [2.45, 2.75) is 37.5 Å².